The Morgan fingerprint density at radius 2 is 2.08 bits per heavy atom. The second kappa shape index (κ2) is 6.80. The Balaban J connectivity index is 1.73. The van der Waals surface area contributed by atoms with Gasteiger partial charge in [-0.25, -0.2) is 0 Å². The number of hydrogen-bond acceptors (Lipinski definition) is 4. The van der Waals surface area contributed by atoms with Crippen LogP contribution in [0.3, 0.4) is 0 Å². The predicted molar refractivity (Wildman–Crippen MR) is 94.5 cm³/mol. The highest BCUT2D eigenvalue weighted by molar-refractivity contribution is 5.92. The molecule has 0 saturated heterocycles. The summed E-state index contributed by atoms with van der Waals surface area (Å²) in [4.78, 5) is 18.1. The van der Waals surface area contributed by atoms with Crippen molar-refractivity contribution < 1.29 is 4.79 Å². The van der Waals surface area contributed by atoms with Crippen molar-refractivity contribution in [3.05, 3.63) is 53.5 Å². The van der Waals surface area contributed by atoms with Gasteiger partial charge >= 0.3 is 0 Å². The minimum Gasteiger partial charge on any atom is -0.326 e. The number of H-pyrrole nitrogens is 1. The molecule has 0 spiro atoms. The zero-order valence-corrected chi connectivity index (χ0v) is 14.1. The van der Waals surface area contributed by atoms with E-state index in [4.69, 9.17) is 4.98 Å². The fourth-order valence-corrected chi connectivity index (χ4v) is 2.70. The number of anilines is 1. The molecule has 2 N–H and O–H groups in total. The molecule has 6 heteroatoms. The maximum Gasteiger partial charge on any atom is 0.221 e. The third-order valence-electron chi connectivity index (χ3n) is 3.87. The molecule has 0 bridgehead atoms. The molecule has 0 unspecified atom stereocenters. The molecule has 24 heavy (non-hydrogen) atoms. The Labute approximate surface area is 140 Å². The summed E-state index contributed by atoms with van der Waals surface area (Å²) in [6, 6.07) is 9.81. The lowest BCUT2D eigenvalue weighted by Crippen LogP contribution is -2.18. The van der Waals surface area contributed by atoms with Gasteiger partial charge in [-0.3, -0.25) is 19.8 Å². The zero-order chi connectivity index (χ0) is 17.1. The summed E-state index contributed by atoms with van der Waals surface area (Å²) < 4.78 is 0. The lowest BCUT2D eigenvalue weighted by atomic mass is 10.1. The SMILES string of the molecule is CC(=O)Nc1ccc2nc(CN(C)Cc3cn[nH]c3C)ccc2c1. The van der Waals surface area contributed by atoms with Gasteiger partial charge in [0.2, 0.25) is 5.91 Å². The standard InChI is InChI=1S/C18H21N5O/c1-12-15(9-19-22-12)10-23(3)11-17-5-4-14-8-16(20-13(2)24)6-7-18(14)21-17/h4-9H,10-11H2,1-3H3,(H,19,22)(H,20,24). The summed E-state index contributed by atoms with van der Waals surface area (Å²) in [6.45, 7) is 5.11. The predicted octanol–water partition coefficient (Wildman–Crippen LogP) is 2.86. The number of benzene rings is 1. The minimum absolute atomic E-state index is 0.0740. The number of pyridine rings is 1. The molecular weight excluding hydrogens is 302 g/mol. The molecular formula is C18H21N5O. The van der Waals surface area contributed by atoms with Gasteiger partial charge in [0.15, 0.2) is 0 Å². The van der Waals surface area contributed by atoms with Crippen molar-refractivity contribution in [2.75, 3.05) is 12.4 Å². The Morgan fingerprint density at radius 3 is 2.79 bits per heavy atom. The van der Waals surface area contributed by atoms with Crippen molar-refractivity contribution in [2.45, 2.75) is 26.9 Å². The van der Waals surface area contributed by atoms with E-state index in [0.29, 0.717) is 0 Å². The van der Waals surface area contributed by atoms with E-state index >= 15 is 0 Å². The highest BCUT2D eigenvalue weighted by Crippen LogP contribution is 2.19. The molecule has 2 aromatic heterocycles. The first-order valence-corrected chi connectivity index (χ1v) is 7.86. The number of amides is 1. The largest absolute Gasteiger partial charge is 0.326 e. The number of aromatic nitrogens is 3. The van der Waals surface area contributed by atoms with E-state index in [1.807, 2.05) is 43.5 Å². The fraction of sp³-hybridized carbons (Fsp3) is 0.278. The van der Waals surface area contributed by atoms with Gasteiger partial charge in [0.1, 0.15) is 0 Å². The Morgan fingerprint density at radius 1 is 1.25 bits per heavy atom. The van der Waals surface area contributed by atoms with E-state index < -0.39 is 0 Å². The van der Waals surface area contributed by atoms with Crippen molar-refractivity contribution in [3.8, 4) is 0 Å². The van der Waals surface area contributed by atoms with Gasteiger partial charge in [-0.15, -0.1) is 0 Å². The number of nitrogens with zero attached hydrogens (tertiary/aromatic N) is 3. The van der Waals surface area contributed by atoms with Crippen LogP contribution in [0.4, 0.5) is 5.69 Å². The summed E-state index contributed by atoms with van der Waals surface area (Å²) in [6.07, 6.45) is 1.86. The normalized spacial score (nSPS) is 11.2. The van der Waals surface area contributed by atoms with Crippen LogP contribution in [-0.4, -0.2) is 33.0 Å². The van der Waals surface area contributed by atoms with E-state index in [2.05, 4.69) is 27.5 Å². The first-order valence-electron chi connectivity index (χ1n) is 7.86. The van der Waals surface area contributed by atoms with Gasteiger partial charge < -0.3 is 5.32 Å². The number of carbonyl (C=O) groups excluding carboxylic acids is 1. The maximum atomic E-state index is 11.1. The van der Waals surface area contributed by atoms with E-state index in [1.54, 1.807) is 0 Å². The number of rotatable bonds is 5. The lowest BCUT2D eigenvalue weighted by molar-refractivity contribution is -0.114. The molecule has 0 atom stereocenters. The van der Waals surface area contributed by atoms with Crippen LogP contribution >= 0.6 is 0 Å². The number of aromatic amines is 1. The smallest absolute Gasteiger partial charge is 0.221 e. The Hall–Kier alpha value is -2.73. The monoisotopic (exact) mass is 323 g/mol. The molecule has 1 aromatic carbocycles. The summed E-state index contributed by atoms with van der Waals surface area (Å²) in [5.74, 6) is -0.0740. The summed E-state index contributed by atoms with van der Waals surface area (Å²) >= 11 is 0. The second-order valence-corrected chi connectivity index (χ2v) is 6.08. The van der Waals surface area contributed by atoms with Crippen LogP contribution in [0, 0.1) is 6.92 Å². The van der Waals surface area contributed by atoms with Crippen LogP contribution in [-0.2, 0) is 17.9 Å². The lowest BCUT2D eigenvalue weighted by Gasteiger charge is -2.16. The van der Waals surface area contributed by atoms with Gasteiger partial charge in [-0.05, 0) is 38.2 Å². The number of fused-ring (bicyclic) bond motifs is 1. The second-order valence-electron chi connectivity index (χ2n) is 6.08. The van der Waals surface area contributed by atoms with Crippen LogP contribution in [0.5, 0.6) is 0 Å². The third-order valence-corrected chi connectivity index (χ3v) is 3.87. The highest BCUT2D eigenvalue weighted by atomic mass is 16.1. The average molecular weight is 323 g/mol. The quantitative estimate of drug-likeness (QED) is 0.757. The van der Waals surface area contributed by atoms with Gasteiger partial charge in [0.25, 0.3) is 0 Å². The number of nitrogens with one attached hydrogen (secondary N) is 2. The van der Waals surface area contributed by atoms with Crippen molar-refractivity contribution >= 4 is 22.5 Å². The molecule has 1 amide bonds. The van der Waals surface area contributed by atoms with E-state index in [1.165, 1.54) is 12.5 Å². The number of hydrogen-bond donors (Lipinski definition) is 2. The fourth-order valence-electron chi connectivity index (χ4n) is 2.70. The molecule has 0 saturated carbocycles. The summed E-state index contributed by atoms with van der Waals surface area (Å²) in [7, 11) is 2.07. The molecule has 0 aliphatic rings. The summed E-state index contributed by atoms with van der Waals surface area (Å²) in [5, 5.41) is 10.8. The molecule has 0 aliphatic heterocycles. The van der Waals surface area contributed by atoms with Crippen molar-refractivity contribution in [3.63, 3.8) is 0 Å². The van der Waals surface area contributed by atoms with Gasteiger partial charge in [-0.1, -0.05) is 6.07 Å². The first kappa shape index (κ1) is 16.1. The Bertz CT molecular complexity index is 871. The van der Waals surface area contributed by atoms with Gasteiger partial charge in [-0.2, -0.15) is 5.10 Å². The van der Waals surface area contributed by atoms with Crippen molar-refractivity contribution in [1.29, 1.82) is 0 Å². The van der Waals surface area contributed by atoms with E-state index in [9.17, 15) is 4.79 Å². The molecule has 2 heterocycles. The Kier molecular flexibility index (Phi) is 4.57. The molecule has 0 aliphatic carbocycles. The van der Waals surface area contributed by atoms with Gasteiger partial charge in [0.05, 0.1) is 17.4 Å². The number of carbonyl (C=O) groups is 1. The molecule has 0 fully saturated rings. The number of aryl methyl sites for hydroxylation is 1. The van der Waals surface area contributed by atoms with Gasteiger partial charge in [0, 0.05) is 42.3 Å². The van der Waals surface area contributed by atoms with Crippen LogP contribution < -0.4 is 5.32 Å². The topological polar surface area (TPSA) is 73.9 Å². The van der Waals surface area contributed by atoms with E-state index in [0.717, 1.165) is 41.1 Å². The molecule has 3 aromatic rings. The molecule has 3 rings (SSSR count). The summed E-state index contributed by atoms with van der Waals surface area (Å²) in [5.41, 5.74) is 5.02. The van der Waals surface area contributed by atoms with Crippen LogP contribution in [0.2, 0.25) is 0 Å². The van der Waals surface area contributed by atoms with Crippen molar-refractivity contribution in [2.24, 2.45) is 0 Å². The van der Waals surface area contributed by atoms with Crippen LogP contribution in [0.15, 0.2) is 36.5 Å². The highest BCUT2D eigenvalue weighted by Gasteiger charge is 2.07. The minimum atomic E-state index is -0.0740. The molecule has 6 nitrogen and oxygen atoms in total. The zero-order valence-electron chi connectivity index (χ0n) is 14.1. The van der Waals surface area contributed by atoms with E-state index in [-0.39, 0.29) is 5.91 Å². The molecule has 124 valence electrons. The van der Waals surface area contributed by atoms with Crippen LogP contribution in [0.1, 0.15) is 23.9 Å². The first-order chi connectivity index (χ1) is 11.5. The molecule has 0 radical (unpaired) electrons. The average Bonchev–Trinajstić information content (AvgIpc) is 2.92. The van der Waals surface area contributed by atoms with Crippen molar-refractivity contribution in [1.82, 2.24) is 20.1 Å². The third kappa shape index (κ3) is 3.78. The maximum absolute atomic E-state index is 11.1. The van der Waals surface area contributed by atoms with Crippen LogP contribution in [0.25, 0.3) is 10.9 Å².